The van der Waals surface area contributed by atoms with Gasteiger partial charge in [-0.15, -0.1) is 35.3 Å². The van der Waals surface area contributed by atoms with E-state index in [-0.39, 0.29) is 24.0 Å². The van der Waals surface area contributed by atoms with Crippen molar-refractivity contribution in [1.29, 1.82) is 0 Å². The van der Waals surface area contributed by atoms with Gasteiger partial charge >= 0.3 is 0 Å². The highest BCUT2D eigenvalue weighted by Gasteiger charge is 2.02. The van der Waals surface area contributed by atoms with Gasteiger partial charge in [0.2, 0.25) is 0 Å². The molecule has 2 heterocycles. The first-order valence-corrected chi connectivity index (χ1v) is 9.38. The third-order valence-electron chi connectivity index (χ3n) is 3.64. The van der Waals surface area contributed by atoms with E-state index < -0.39 is 0 Å². The predicted octanol–water partition coefficient (Wildman–Crippen LogP) is 2.96. The Morgan fingerprint density at radius 2 is 2.11 bits per heavy atom. The molecule has 0 aliphatic heterocycles. The van der Waals surface area contributed by atoms with E-state index in [9.17, 15) is 0 Å². The Balaban J connectivity index is 0.00000261. The zero-order valence-corrected chi connectivity index (χ0v) is 18.6. The molecule has 2 N–H and O–H groups in total. The quantitative estimate of drug-likeness (QED) is 0.298. The average Bonchev–Trinajstić information content (AvgIpc) is 3.29. The largest absolute Gasteiger partial charge is 0.357 e. The van der Waals surface area contributed by atoms with Gasteiger partial charge in [0, 0.05) is 17.6 Å². The van der Waals surface area contributed by atoms with Gasteiger partial charge in [0.1, 0.15) is 17.7 Å². The van der Waals surface area contributed by atoms with E-state index in [2.05, 4.69) is 68.8 Å². The van der Waals surface area contributed by atoms with Crippen LogP contribution in [0.4, 0.5) is 0 Å². The summed E-state index contributed by atoms with van der Waals surface area (Å²) in [4.78, 5) is 14.2. The highest BCUT2D eigenvalue weighted by atomic mass is 127. The van der Waals surface area contributed by atoms with Crippen LogP contribution in [0, 0.1) is 6.92 Å². The van der Waals surface area contributed by atoms with Crippen molar-refractivity contribution in [1.82, 2.24) is 30.4 Å². The number of aryl methyl sites for hydroxylation is 1. The van der Waals surface area contributed by atoms with Gasteiger partial charge in [-0.1, -0.05) is 24.3 Å². The molecule has 0 radical (unpaired) electrons. The number of nitrogens with one attached hydrogen (secondary N) is 2. The van der Waals surface area contributed by atoms with Crippen LogP contribution in [0.5, 0.6) is 0 Å². The summed E-state index contributed by atoms with van der Waals surface area (Å²) < 4.78 is 1.81. The van der Waals surface area contributed by atoms with Crippen molar-refractivity contribution in [3.63, 3.8) is 0 Å². The summed E-state index contributed by atoms with van der Waals surface area (Å²) in [5, 5.41) is 11.8. The first-order chi connectivity index (χ1) is 12.7. The molecule has 9 heteroatoms. The Bertz CT molecular complexity index is 845. The molecule has 0 aliphatic carbocycles. The van der Waals surface area contributed by atoms with Crippen LogP contribution in [0.2, 0.25) is 0 Å². The van der Waals surface area contributed by atoms with Crippen LogP contribution in [-0.4, -0.2) is 32.3 Å². The van der Waals surface area contributed by atoms with Gasteiger partial charge in [-0.05, 0) is 25.0 Å². The zero-order chi connectivity index (χ0) is 18.2. The standard InChI is InChI=1S/C18H23N7S.HI/c1-3-20-18(23-10-17-21-8-14(2)26-17)22-9-15-5-4-6-16(7-15)11-25-13-19-12-24-25;/h4-8,12-13H,3,9-11H2,1-2H3,(H2,20,22,23);1H. The van der Waals surface area contributed by atoms with E-state index in [0.717, 1.165) is 23.1 Å². The third-order valence-corrected chi connectivity index (χ3v) is 4.56. The molecular weight excluding hydrogens is 473 g/mol. The van der Waals surface area contributed by atoms with Crippen molar-refractivity contribution in [2.45, 2.75) is 33.5 Å². The normalized spacial score (nSPS) is 11.1. The van der Waals surface area contributed by atoms with Gasteiger partial charge in [0.05, 0.1) is 19.6 Å². The molecule has 3 aromatic rings. The fraction of sp³-hybridized carbons (Fsp3) is 0.333. The number of aromatic nitrogens is 4. The fourth-order valence-electron chi connectivity index (χ4n) is 2.48. The molecule has 0 saturated carbocycles. The van der Waals surface area contributed by atoms with E-state index in [1.54, 1.807) is 24.0 Å². The fourth-order valence-corrected chi connectivity index (χ4v) is 3.21. The molecule has 0 spiro atoms. The van der Waals surface area contributed by atoms with E-state index in [1.807, 2.05) is 10.9 Å². The average molecular weight is 497 g/mol. The molecule has 0 unspecified atom stereocenters. The van der Waals surface area contributed by atoms with Crippen molar-refractivity contribution < 1.29 is 0 Å². The Labute approximate surface area is 180 Å². The number of aliphatic imine (C=N–C) groups is 1. The molecule has 1 aromatic carbocycles. The lowest BCUT2D eigenvalue weighted by Crippen LogP contribution is -2.36. The summed E-state index contributed by atoms with van der Waals surface area (Å²) >= 11 is 1.70. The van der Waals surface area contributed by atoms with Gasteiger partial charge < -0.3 is 10.6 Å². The minimum Gasteiger partial charge on any atom is -0.357 e. The van der Waals surface area contributed by atoms with Crippen LogP contribution in [0.1, 0.15) is 27.9 Å². The van der Waals surface area contributed by atoms with E-state index in [1.165, 1.54) is 10.4 Å². The second-order valence-corrected chi connectivity index (χ2v) is 7.15. The Morgan fingerprint density at radius 1 is 1.26 bits per heavy atom. The van der Waals surface area contributed by atoms with Gasteiger partial charge in [-0.25, -0.2) is 19.6 Å². The summed E-state index contributed by atoms with van der Waals surface area (Å²) in [6.07, 6.45) is 5.16. The molecule has 27 heavy (non-hydrogen) atoms. The Kier molecular flexibility index (Phi) is 8.65. The van der Waals surface area contributed by atoms with Crippen molar-refractivity contribution in [3.05, 3.63) is 64.1 Å². The molecule has 7 nitrogen and oxygen atoms in total. The SMILES string of the molecule is CCNC(=NCc1cccc(Cn2cncn2)c1)NCc1ncc(C)s1.I. The Morgan fingerprint density at radius 3 is 2.81 bits per heavy atom. The predicted molar refractivity (Wildman–Crippen MR) is 119 cm³/mol. The monoisotopic (exact) mass is 497 g/mol. The number of rotatable bonds is 7. The first-order valence-electron chi connectivity index (χ1n) is 8.56. The number of hydrogen-bond acceptors (Lipinski definition) is 5. The van der Waals surface area contributed by atoms with Gasteiger partial charge in [0.25, 0.3) is 0 Å². The maximum Gasteiger partial charge on any atom is 0.191 e. The summed E-state index contributed by atoms with van der Waals surface area (Å²) in [6, 6.07) is 8.37. The molecule has 0 fully saturated rings. The topological polar surface area (TPSA) is 80.0 Å². The van der Waals surface area contributed by atoms with Crippen LogP contribution in [0.3, 0.4) is 0 Å². The van der Waals surface area contributed by atoms with Gasteiger partial charge in [-0.2, -0.15) is 5.10 Å². The zero-order valence-electron chi connectivity index (χ0n) is 15.4. The lowest BCUT2D eigenvalue weighted by atomic mass is 10.1. The smallest absolute Gasteiger partial charge is 0.191 e. The molecule has 0 amide bonds. The number of halogens is 1. The van der Waals surface area contributed by atoms with Crippen molar-refractivity contribution in [2.75, 3.05) is 6.54 Å². The number of hydrogen-bond donors (Lipinski definition) is 2. The molecule has 2 aromatic heterocycles. The number of guanidine groups is 1. The second kappa shape index (κ2) is 11.0. The summed E-state index contributed by atoms with van der Waals surface area (Å²) in [7, 11) is 0. The van der Waals surface area contributed by atoms with E-state index >= 15 is 0 Å². The first kappa shape index (κ1) is 21.3. The maximum absolute atomic E-state index is 4.68. The molecule has 0 atom stereocenters. The van der Waals surface area contributed by atoms with Gasteiger partial charge in [0.15, 0.2) is 5.96 Å². The summed E-state index contributed by atoms with van der Waals surface area (Å²) in [5.74, 6) is 0.794. The lowest BCUT2D eigenvalue weighted by Gasteiger charge is -2.10. The van der Waals surface area contributed by atoms with Crippen LogP contribution < -0.4 is 10.6 Å². The number of thiazole rings is 1. The molecule has 0 bridgehead atoms. The number of benzene rings is 1. The minimum atomic E-state index is 0. The van der Waals surface area contributed by atoms with E-state index in [0.29, 0.717) is 19.6 Å². The highest BCUT2D eigenvalue weighted by molar-refractivity contribution is 14.0. The minimum absolute atomic E-state index is 0. The summed E-state index contributed by atoms with van der Waals surface area (Å²) in [6.45, 7) is 6.93. The summed E-state index contributed by atoms with van der Waals surface area (Å²) in [5.41, 5.74) is 2.34. The van der Waals surface area contributed by atoms with Crippen LogP contribution >= 0.6 is 35.3 Å². The highest BCUT2D eigenvalue weighted by Crippen LogP contribution is 2.11. The van der Waals surface area contributed by atoms with Crippen LogP contribution in [0.25, 0.3) is 0 Å². The van der Waals surface area contributed by atoms with Crippen LogP contribution in [0.15, 0.2) is 48.1 Å². The van der Waals surface area contributed by atoms with Crippen molar-refractivity contribution >= 4 is 41.3 Å². The maximum atomic E-state index is 4.68. The van der Waals surface area contributed by atoms with Crippen LogP contribution in [-0.2, 0) is 19.6 Å². The Hall–Kier alpha value is -2.01. The van der Waals surface area contributed by atoms with Crippen molar-refractivity contribution in [2.24, 2.45) is 4.99 Å². The molecule has 0 aliphatic rings. The second-order valence-electron chi connectivity index (χ2n) is 5.83. The lowest BCUT2D eigenvalue weighted by molar-refractivity contribution is 0.684. The van der Waals surface area contributed by atoms with Gasteiger partial charge in [-0.3, -0.25) is 0 Å². The number of nitrogens with zero attached hydrogens (tertiary/aromatic N) is 5. The molecule has 0 saturated heterocycles. The molecular formula is C18H24IN7S. The third kappa shape index (κ3) is 6.90. The van der Waals surface area contributed by atoms with E-state index in [4.69, 9.17) is 0 Å². The van der Waals surface area contributed by atoms with Crippen molar-refractivity contribution in [3.8, 4) is 0 Å². The molecule has 144 valence electrons. The molecule has 3 rings (SSSR count).